The van der Waals surface area contributed by atoms with Crippen LogP contribution in [0, 0.1) is 0 Å². The zero-order valence-corrected chi connectivity index (χ0v) is 25.3. The van der Waals surface area contributed by atoms with E-state index in [-0.39, 0.29) is 12.7 Å². The minimum atomic E-state index is -3.42. The van der Waals surface area contributed by atoms with Gasteiger partial charge in [-0.05, 0) is 86.2 Å². The maximum atomic E-state index is 13.2. The lowest BCUT2D eigenvalue weighted by atomic mass is 9.91. The number of nitrogens with zero attached hydrogens (tertiary/aromatic N) is 1. The molecular formula is C29H37NO7S3. The molecule has 3 aromatic rings. The first-order chi connectivity index (χ1) is 19.1. The predicted octanol–water partition coefficient (Wildman–Crippen LogP) is 4.82. The predicted molar refractivity (Wildman–Crippen MR) is 157 cm³/mol. The lowest BCUT2D eigenvalue weighted by molar-refractivity contribution is -0.169. The van der Waals surface area contributed by atoms with Gasteiger partial charge in [-0.25, -0.2) is 4.79 Å². The Balaban J connectivity index is 1.16. The van der Waals surface area contributed by atoms with Crippen LogP contribution in [0.1, 0.15) is 47.4 Å². The summed E-state index contributed by atoms with van der Waals surface area (Å²) in [5.41, 5.74) is -0.775. The van der Waals surface area contributed by atoms with E-state index in [1.807, 2.05) is 47.2 Å². The van der Waals surface area contributed by atoms with Gasteiger partial charge in [0.1, 0.15) is 11.9 Å². The van der Waals surface area contributed by atoms with Crippen molar-refractivity contribution in [1.82, 2.24) is 4.90 Å². The van der Waals surface area contributed by atoms with Crippen LogP contribution in [0.4, 0.5) is 0 Å². The standard InChI is InChI=1S/C29H37NO7S3/c1-30(17-5-18-35-24-12-8-22(9-13-24)16-19-36-40(2,33)34)23-10-14-25(15-11-23)37-28(31)29(32,26-6-3-20-38-26)27-7-4-21-39-27/h3-4,6-9,12-13,20-21,23,25,32H,5,10-11,14-19H2,1-2H3. The van der Waals surface area contributed by atoms with E-state index in [1.54, 1.807) is 12.1 Å². The van der Waals surface area contributed by atoms with Crippen LogP contribution < -0.4 is 4.74 Å². The van der Waals surface area contributed by atoms with Gasteiger partial charge in [-0.1, -0.05) is 24.3 Å². The topological polar surface area (TPSA) is 102 Å². The van der Waals surface area contributed by atoms with E-state index in [1.165, 1.54) is 22.7 Å². The fourth-order valence-electron chi connectivity index (χ4n) is 4.88. The molecular weight excluding hydrogens is 571 g/mol. The minimum absolute atomic E-state index is 0.127. The van der Waals surface area contributed by atoms with Gasteiger partial charge in [0.2, 0.25) is 5.60 Å². The Hall–Kier alpha value is -2.28. The molecule has 1 saturated carbocycles. The van der Waals surface area contributed by atoms with Crippen LogP contribution in [0.2, 0.25) is 0 Å². The summed E-state index contributed by atoms with van der Waals surface area (Å²) in [5.74, 6) is 0.185. The van der Waals surface area contributed by atoms with Gasteiger partial charge >= 0.3 is 5.97 Å². The van der Waals surface area contributed by atoms with Gasteiger partial charge < -0.3 is 19.5 Å². The number of rotatable bonds is 14. The molecule has 0 aliphatic heterocycles. The van der Waals surface area contributed by atoms with Crippen molar-refractivity contribution in [2.75, 3.05) is 33.1 Å². The average molecular weight is 608 g/mol. The molecule has 0 atom stereocenters. The lowest BCUT2D eigenvalue weighted by Crippen LogP contribution is -2.42. The molecule has 0 amide bonds. The van der Waals surface area contributed by atoms with E-state index >= 15 is 0 Å². The molecule has 4 rings (SSSR count). The number of carbonyl (C=O) groups is 1. The quantitative estimate of drug-likeness (QED) is 0.158. The second kappa shape index (κ2) is 14.1. The van der Waals surface area contributed by atoms with Gasteiger partial charge in [-0.15, -0.1) is 22.7 Å². The Morgan fingerprint density at radius 2 is 1.62 bits per heavy atom. The monoisotopic (exact) mass is 607 g/mol. The van der Waals surface area contributed by atoms with Crippen molar-refractivity contribution < 1.29 is 32.0 Å². The summed E-state index contributed by atoms with van der Waals surface area (Å²) in [7, 11) is -1.30. The van der Waals surface area contributed by atoms with Crippen molar-refractivity contribution in [3.05, 3.63) is 74.6 Å². The van der Waals surface area contributed by atoms with E-state index in [4.69, 9.17) is 13.7 Å². The van der Waals surface area contributed by atoms with E-state index in [0.29, 0.717) is 28.8 Å². The largest absolute Gasteiger partial charge is 0.494 e. The highest BCUT2D eigenvalue weighted by molar-refractivity contribution is 7.85. The van der Waals surface area contributed by atoms with Crippen molar-refractivity contribution in [1.29, 1.82) is 0 Å². The number of aliphatic hydroxyl groups is 1. The molecule has 0 bridgehead atoms. The summed E-state index contributed by atoms with van der Waals surface area (Å²) in [6.07, 6.45) is 5.63. The number of ether oxygens (including phenoxy) is 2. The maximum absolute atomic E-state index is 13.2. The van der Waals surface area contributed by atoms with Gasteiger partial charge in [0.05, 0.1) is 29.2 Å². The van der Waals surface area contributed by atoms with Gasteiger partial charge in [-0.2, -0.15) is 8.42 Å². The number of hydrogen-bond acceptors (Lipinski definition) is 10. The molecule has 1 aromatic carbocycles. The Labute approximate surface area is 244 Å². The smallest absolute Gasteiger partial charge is 0.349 e. The fourth-order valence-corrected chi connectivity index (χ4v) is 6.98. The lowest BCUT2D eigenvalue weighted by Gasteiger charge is -2.35. The zero-order valence-electron chi connectivity index (χ0n) is 22.9. The number of esters is 1. The van der Waals surface area contributed by atoms with Crippen LogP contribution >= 0.6 is 22.7 Å². The fraction of sp³-hybridized carbons (Fsp3) is 0.483. The molecule has 2 aromatic heterocycles. The summed E-state index contributed by atoms with van der Waals surface area (Å²) in [5, 5.41) is 15.2. The Bertz CT molecular complexity index is 1250. The Kier molecular flexibility index (Phi) is 10.8. The first-order valence-electron chi connectivity index (χ1n) is 13.4. The molecule has 218 valence electrons. The number of thiophene rings is 2. The van der Waals surface area contributed by atoms with E-state index < -0.39 is 21.7 Å². The van der Waals surface area contributed by atoms with Crippen LogP contribution in [-0.2, 0) is 35.9 Å². The van der Waals surface area contributed by atoms with Crippen LogP contribution in [0.5, 0.6) is 5.75 Å². The van der Waals surface area contributed by atoms with Crippen molar-refractivity contribution >= 4 is 38.8 Å². The molecule has 2 heterocycles. The van der Waals surface area contributed by atoms with Gasteiger partial charge in [-0.3, -0.25) is 4.18 Å². The molecule has 1 aliphatic carbocycles. The van der Waals surface area contributed by atoms with Gasteiger partial charge in [0.15, 0.2) is 0 Å². The molecule has 1 aliphatic rings. The molecule has 40 heavy (non-hydrogen) atoms. The first kappa shape index (κ1) is 30.7. The maximum Gasteiger partial charge on any atom is 0.349 e. The third-order valence-electron chi connectivity index (χ3n) is 7.13. The third kappa shape index (κ3) is 8.37. The van der Waals surface area contributed by atoms with Crippen LogP contribution in [-0.4, -0.2) is 69.6 Å². The van der Waals surface area contributed by atoms with Crippen molar-refractivity contribution in [2.45, 2.75) is 56.3 Å². The second-order valence-electron chi connectivity index (χ2n) is 10.1. The van der Waals surface area contributed by atoms with Crippen LogP contribution in [0.15, 0.2) is 59.3 Å². The third-order valence-corrected chi connectivity index (χ3v) is 9.68. The Morgan fingerprint density at radius 1 is 1.00 bits per heavy atom. The molecule has 1 fully saturated rings. The molecule has 11 heteroatoms. The van der Waals surface area contributed by atoms with E-state index in [2.05, 4.69) is 11.9 Å². The van der Waals surface area contributed by atoms with E-state index in [0.717, 1.165) is 56.2 Å². The minimum Gasteiger partial charge on any atom is -0.494 e. The van der Waals surface area contributed by atoms with Crippen LogP contribution in [0.3, 0.4) is 0 Å². The van der Waals surface area contributed by atoms with Crippen molar-refractivity contribution in [3.8, 4) is 5.75 Å². The normalized spacial score (nSPS) is 18.1. The number of benzene rings is 1. The summed E-state index contributed by atoms with van der Waals surface area (Å²) in [4.78, 5) is 16.7. The molecule has 0 unspecified atom stereocenters. The number of carbonyl (C=O) groups excluding carboxylic acids is 1. The van der Waals surface area contributed by atoms with Crippen molar-refractivity contribution in [3.63, 3.8) is 0 Å². The Morgan fingerprint density at radius 3 is 2.17 bits per heavy atom. The van der Waals surface area contributed by atoms with Gasteiger partial charge in [0.25, 0.3) is 10.1 Å². The summed E-state index contributed by atoms with van der Waals surface area (Å²) in [6.45, 7) is 1.62. The average Bonchev–Trinajstić information content (AvgIpc) is 3.67. The summed E-state index contributed by atoms with van der Waals surface area (Å²) < 4.78 is 38.7. The SMILES string of the molecule is CN(CCCOc1ccc(CCOS(C)(=O)=O)cc1)C1CCC(OC(=O)C(O)(c2cccs2)c2cccs2)CC1. The second-order valence-corrected chi connectivity index (χ2v) is 13.6. The zero-order chi connectivity index (χ0) is 28.6. The highest BCUT2D eigenvalue weighted by Crippen LogP contribution is 2.38. The number of hydrogen-bond donors (Lipinski definition) is 1. The summed E-state index contributed by atoms with van der Waals surface area (Å²) >= 11 is 2.70. The first-order valence-corrected chi connectivity index (χ1v) is 17.0. The van der Waals surface area contributed by atoms with E-state index in [9.17, 15) is 18.3 Å². The highest BCUT2D eigenvalue weighted by atomic mass is 32.2. The molecule has 0 spiro atoms. The summed E-state index contributed by atoms with van der Waals surface area (Å²) in [6, 6.07) is 15.2. The molecule has 0 radical (unpaired) electrons. The highest BCUT2D eigenvalue weighted by Gasteiger charge is 2.45. The van der Waals surface area contributed by atoms with Crippen LogP contribution in [0.25, 0.3) is 0 Å². The molecule has 1 N–H and O–H groups in total. The molecule has 0 saturated heterocycles. The van der Waals surface area contributed by atoms with Crippen molar-refractivity contribution in [2.24, 2.45) is 0 Å². The van der Waals surface area contributed by atoms with Gasteiger partial charge in [0, 0.05) is 12.6 Å². The molecule has 8 nitrogen and oxygen atoms in total.